The minimum Gasteiger partial charge on any atom is -0.423 e. The molecule has 0 radical (unpaired) electrons. The molecule has 0 bridgehead atoms. The monoisotopic (exact) mass is 300 g/mol. The highest BCUT2D eigenvalue weighted by Crippen LogP contribution is 2.36. The van der Waals surface area contributed by atoms with Gasteiger partial charge in [-0.3, -0.25) is 0 Å². The highest BCUT2D eigenvalue weighted by atomic mass is 16.5. The second kappa shape index (κ2) is 5.10. The molecule has 0 heterocycles. The maximum Gasteiger partial charge on any atom is 0.338 e. The third-order valence-corrected chi connectivity index (χ3v) is 4.40. The van der Waals surface area contributed by atoms with Crippen molar-refractivity contribution in [1.82, 2.24) is 0 Å². The maximum atomic E-state index is 12.0. The van der Waals surface area contributed by atoms with E-state index in [1.165, 1.54) is 21.5 Å². The Bertz CT molecular complexity index is 1010. The minimum absolute atomic E-state index is 0.305. The lowest BCUT2D eigenvalue weighted by atomic mass is 9.94. The molecule has 0 unspecified atom stereocenters. The summed E-state index contributed by atoms with van der Waals surface area (Å²) >= 11 is 0. The van der Waals surface area contributed by atoms with Gasteiger partial charge in [0.1, 0.15) is 5.75 Å². The maximum absolute atomic E-state index is 12.0. The molecule has 112 valence electrons. The fourth-order valence-electron chi connectivity index (χ4n) is 3.09. The number of allylic oxidation sites excluding steroid dienone is 1. The molecular weight excluding hydrogens is 284 g/mol. The lowest BCUT2D eigenvalue weighted by Gasteiger charge is -2.12. The lowest BCUT2D eigenvalue weighted by molar-refractivity contribution is -0.130. The van der Waals surface area contributed by atoms with Crippen molar-refractivity contribution in [1.29, 1.82) is 0 Å². The number of benzene rings is 4. The topological polar surface area (TPSA) is 26.3 Å². The van der Waals surface area contributed by atoms with E-state index in [0.29, 0.717) is 11.3 Å². The van der Waals surface area contributed by atoms with Crippen molar-refractivity contribution in [2.24, 2.45) is 0 Å². The highest BCUT2D eigenvalue weighted by molar-refractivity contribution is 6.23. The van der Waals surface area contributed by atoms with Crippen LogP contribution in [0.15, 0.2) is 66.2 Å². The molecule has 0 atom stereocenters. The molecule has 0 aromatic heterocycles. The third kappa shape index (κ3) is 2.15. The van der Waals surface area contributed by atoms with E-state index in [1.54, 1.807) is 13.0 Å². The van der Waals surface area contributed by atoms with Crippen molar-refractivity contribution in [2.45, 2.75) is 13.8 Å². The van der Waals surface area contributed by atoms with Crippen molar-refractivity contribution >= 4 is 38.3 Å². The Labute approximate surface area is 134 Å². The van der Waals surface area contributed by atoms with Crippen molar-refractivity contribution in [3.63, 3.8) is 0 Å². The van der Waals surface area contributed by atoms with Gasteiger partial charge in [-0.2, -0.15) is 0 Å². The lowest BCUT2D eigenvalue weighted by Crippen LogP contribution is -2.08. The molecule has 4 aromatic rings. The van der Waals surface area contributed by atoms with E-state index < -0.39 is 0 Å². The van der Waals surface area contributed by atoms with Gasteiger partial charge in [-0.1, -0.05) is 48.5 Å². The summed E-state index contributed by atoms with van der Waals surface area (Å²) in [4.78, 5) is 12.0. The number of hydrogen-bond acceptors (Lipinski definition) is 2. The smallest absolute Gasteiger partial charge is 0.338 e. The molecule has 23 heavy (non-hydrogen) atoms. The Morgan fingerprint density at radius 1 is 0.870 bits per heavy atom. The summed E-state index contributed by atoms with van der Waals surface area (Å²) in [6.45, 7) is 3.59. The summed E-state index contributed by atoms with van der Waals surface area (Å²) in [5.41, 5.74) is 0.607. The molecule has 0 aliphatic carbocycles. The van der Waals surface area contributed by atoms with Crippen molar-refractivity contribution in [3.8, 4) is 5.75 Å². The molecule has 0 fully saturated rings. The minimum atomic E-state index is -0.305. The molecule has 0 saturated heterocycles. The molecule has 0 saturated carbocycles. The van der Waals surface area contributed by atoms with E-state index in [4.69, 9.17) is 4.74 Å². The van der Waals surface area contributed by atoms with E-state index in [1.807, 2.05) is 19.1 Å². The Kier molecular flexibility index (Phi) is 3.05. The molecule has 0 aliphatic rings. The number of rotatable bonds is 2. The first-order valence-corrected chi connectivity index (χ1v) is 7.70. The standard InChI is InChI=1S/C21H16O2/c1-3-13(2)21(22)23-18-11-16-9-7-14-5-4-6-15-8-10-17(12-18)20(16)19(14)15/h3-12H,1-2H3. The van der Waals surface area contributed by atoms with Gasteiger partial charge in [-0.25, -0.2) is 4.79 Å². The van der Waals surface area contributed by atoms with Crippen LogP contribution in [0.4, 0.5) is 0 Å². The van der Waals surface area contributed by atoms with Crippen LogP contribution in [0.3, 0.4) is 0 Å². The van der Waals surface area contributed by atoms with Gasteiger partial charge in [0.15, 0.2) is 0 Å². The van der Waals surface area contributed by atoms with Gasteiger partial charge >= 0.3 is 5.97 Å². The van der Waals surface area contributed by atoms with Crippen LogP contribution in [0.25, 0.3) is 32.3 Å². The summed E-state index contributed by atoms with van der Waals surface area (Å²) in [6, 6.07) is 18.6. The second-order valence-corrected chi connectivity index (χ2v) is 5.82. The SMILES string of the molecule is CC=C(C)C(=O)Oc1cc2ccc3cccc4ccc(c1)c2c34. The third-order valence-electron chi connectivity index (χ3n) is 4.40. The zero-order valence-electron chi connectivity index (χ0n) is 13.1. The molecule has 4 rings (SSSR count). The fourth-order valence-corrected chi connectivity index (χ4v) is 3.09. The van der Waals surface area contributed by atoms with Crippen LogP contribution in [0.1, 0.15) is 13.8 Å². The first-order chi connectivity index (χ1) is 11.2. The molecule has 0 spiro atoms. The van der Waals surface area contributed by atoms with Gasteiger partial charge in [0, 0.05) is 5.57 Å². The fraction of sp³-hybridized carbons (Fsp3) is 0.0952. The van der Waals surface area contributed by atoms with Crippen LogP contribution in [-0.4, -0.2) is 5.97 Å². The van der Waals surface area contributed by atoms with E-state index in [0.717, 1.165) is 10.8 Å². The molecular formula is C21H16O2. The van der Waals surface area contributed by atoms with Gasteiger partial charge in [0.2, 0.25) is 0 Å². The van der Waals surface area contributed by atoms with Crippen LogP contribution in [-0.2, 0) is 4.79 Å². The van der Waals surface area contributed by atoms with E-state index in [2.05, 4.69) is 42.5 Å². The van der Waals surface area contributed by atoms with Crippen molar-refractivity contribution in [2.75, 3.05) is 0 Å². The number of ether oxygens (including phenoxy) is 1. The van der Waals surface area contributed by atoms with Gasteiger partial charge in [0.25, 0.3) is 0 Å². The van der Waals surface area contributed by atoms with Crippen LogP contribution < -0.4 is 4.74 Å². The molecule has 0 amide bonds. The van der Waals surface area contributed by atoms with Gasteiger partial charge in [0.05, 0.1) is 0 Å². The number of carbonyl (C=O) groups is 1. The average molecular weight is 300 g/mol. The zero-order chi connectivity index (χ0) is 16.0. The summed E-state index contributed by atoms with van der Waals surface area (Å²) < 4.78 is 5.51. The summed E-state index contributed by atoms with van der Waals surface area (Å²) in [5.74, 6) is 0.280. The highest BCUT2D eigenvalue weighted by Gasteiger charge is 2.12. The van der Waals surface area contributed by atoms with Crippen LogP contribution in [0.2, 0.25) is 0 Å². The zero-order valence-corrected chi connectivity index (χ0v) is 13.1. The summed E-state index contributed by atoms with van der Waals surface area (Å²) in [5, 5.41) is 7.14. The van der Waals surface area contributed by atoms with E-state index >= 15 is 0 Å². The van der Waals surface area contributed by atoms with Crippen LogP contribution in [0, 0.1) is 0 Å². The first-order valence-electron chi connectivity index (χ1n) is 7.70. The first kappa shape index (κ1) is 13.8. The van der Waals surface area contributed by atoms with Gasteiger partial charge < -0.3 is 4.74 Å². The molecule has 2 heteroatoms. The van der Waals surface area contributed by atoms with Crippen molar-refractivity contribution in [3.05, 3.63) is 66.2 Å². The predicted octanol–water partition coefficient (Wildman–Crippen LogP) is 5.46. The number of esters is 1. The Hall–Kier alpha value is -2.87. The molecule has 0 N–H and O–H groups in total. The Balaban J connectivity index is 1.95. The number of carbonyl (C=O) groups excluding carboxylic acids is 1. The molecule has 4 aromatic carbocycles. The Morgan fingerprint density at radius 2 is 1.39 bits per heavy atom. The summed E-state index contributed by atoms with van der Waals surface area (Å²) in [6.07, 6.45) is 1.76. The largest absolute Gasteiger partial charge is 0.423 e. The molecule has 2 nitrogen and oxygen atoms in total. The van der Waals surface area contributed by atoms with E-state index in [9.17, 15) is 4.79 Å². The van der Waals surface area contributed by atoms with Crippen LogP contribution >= 0.6 is 0 Å². The summed E-state index contributed by atoms with van der Waals surface area (Å²) in [7, 11) is 0. The Morgan fingerprint density at radius 3 is 1.96 bits per heavy atom. The van der Waals surface area contributed by atoms with Gasteiger partial charge in [-0.15, -0.1) is 0 Å². The average Bonchev–Trinajstić information content (AvgIpc) is 2.58. The van der Waals surface area contributed by atoms with Gasteiger partial charge in [-0.05, 0) is 58.3 Å². The van der Waals surface area contributed by atoms with Crippen molar-refractivity contribution < 1.29 is 9.53 Å². The predicted molar refractivity (Wildman–Crippen MR) is 95.2 cm³/mol. The quantitative estimate of drug-likeness (QED) is 0.213. The van der Waals surface area contributed by atoms with Crippen LogP contribution in [0.5, 0.6) is 5.75 Å². The second-order valence-electron chi connectivity index (χ2n) is 5.82. The number of hydrogen-bond donors (Lipinski definition) is 0. The van der Waals surface area contributed by atoms with E-state index in [-0.39, 0.29) is 5.97 Å². The normalized spacial score (nSPS) is 12.3. The molecule has 0 aliphatic heterocycles.